The van der Waals surface area contributed by atoms with Gasteiger partial charge < -0.3 is 4.74 Å². The van der Waals surface area contributed by atoms with Gasteiger partial charge in [0.2, 0.25) is 10.0 Å². The zero-order chi connectivity index (χ0) is 16.6. The van der Waals surface area contributed by atoms with Crippen molar-refractivity contribution in [2.24, 2.45) is 0 Å². The summed E-state index contributed by atoms with van der Waals surface area (Å²) in [5, 5.41) is 0. The van der Waals surface area contributed by atoms with Crippen LogP contribution in [0.2, 0.25) is 0 Å². The number of amides is 2. The van der Waals surface area contributed by atoms with Crippen molar-refractivity contribution in [3.05, 3.63) is 42.5 Å². The van der Waals surface area contributed by atoms with Crippen LogP contribution in [0.4, 0.5) is 4.79 Å². The Balaban J connectivity index is 2.70. The topological polar surface area (TPSA) is 114 Å². The lowest BCUT2D eigenvalue weighted by Gasteiger charge is -2.08. The van der Waals surface area contributed by atoms with Crippen molar-refractivity contribution in [3.63, 3.8) is 0 Å². The SMILES string of the molecule is C=CCNS(=O)(=O)c1ccc(C(=O)NNC(=O)OCC)cc1. The molecule has 8 nitrogen and oxygen atoms in total. The minimum atomic E-state index is -3.64. The van der Waals surface area contributed by atoms with Gasteiger partial charge in [-0.05, 0) is 31.2 Å². The number of benzene rings is 1. The summed E-state index contributed by atoms with van der Waals surface area (Å²) in [5.74, 6) is -0.601. The zero-order valence-corrected chi connectivity index (χ0v) is 12.8. The lowest BCUT2D eigenvalue weighted by molar-refractivity contribution is 0.0912. The molecule has 22 heavy (non-hydrogen) atoms. The summed E-state index contributed by atoms with van der Waals surface area (Å²) in [7, 11) is -3.64. The maximum Gasteiger partial charge on any atom is 0.426 e. The van der Waals surface area contributed by atoms with Gasteiger partial charge >= 0.3 is 6.09 Å². The van der Waals surface area contributed by atoms with E-state index in [0.29, 0.717) is 0 Å². The first-order valence-electron chi connectivity index (χ1n) is 6.34. The third kappa shape index (κ3) is 5.19. The summed E-state index contributed by atoms with van der Waals surface area (Å²) in [6.45, 7) is 5.32. The molecule has 0 spiro atoms. The molecule has 3 N–H and O–H groups in total. The number of rotatable bonds is 6. The molecule has 1 aromatic carbocycles. The summed E-state index contributed by atoms with van der Waals surface area (Å²) in [6.07, 6.45) is 0.629. The van der Waals surface area contributed by atoms with E-state index in [4.69, 9.17) is 0 Å². The van der Waals surface area contributed by atoms with Gasteiger partial charge in [-0.3, -0.25) is 10.2 Å². The second-order valence-corrected chi connectivity index (χ2v) is 5.73. The number of hydrazine groups is 1. The molecule has 0 aliphatic heterocycles. The Morgan fingerprint density at radius 2 is 1.86 bits per heavy atom. The van der Waals surface area contributed by atoms with Crippen LogP contribution in [-0.4, -0.2) is 33.6 Å². The fourth-order valence-electron chi connectivity index (χ4n) is 1.38. The number of nitrogens with one attached hydrogen (secondary N) is 3. The Kier molecular flexibility index (Phi) is 6.54. The average Bonchev–Trinajstić information content (AvgIpc) is 2.51. The molecule has 1 aromatic rings. The van der Waals surface area contributed by atoms with Crippen LogP contribution in [0.15, 0.2) is 41.8 Å². The third-order valence-electron chi connectivity index (χ3n) is 2.40. The highest BCUT2D eigenvalue weighted by molar-refractivity contribution is 7.89. The minimum absolute atomic E-state index is 0.0178. The van der Waals surface area contributed by atoms with Crippen molar-refractivity contribution < 1.29 is 22.7 Å². The van der Waals surface area contributed by atoms with E-state index in [0.717, 1.165) is 0 Å². The fraction of sp³-hybridized carbons (Fsp3) is 0.231. The van der Waals surface area contributed by atoms with Crippen LogP contribution in [0.5, 0.6) is 0 Å². The Morgan fingerprint density at radius 3 is 2.41 bits per heavy atom. The average molecular weight is 327 g/mol. The molecule has 0 bridgehead atoms. The van der Waals surface area contributed by atoms with E-state index in [1.807, 2.05) is 0 Å². The highest BCUT2D eigenvalue weighted by Gasteiger charge is 2.14. The summed E-state index contributed by atoms with van der Waals surface area (Å²) in [4.78, 5) is 22.8. The number of hydrogen-bond acceptors (Lipinski definition) is 5. The van der Waals surface area contributed by atoms with Crippen LogP contribution in [0, 0.1) is 0 Å². The molecule has 2 amide bonds. The maximum atomic E-state index is 11.8. The Labute approximate surface area is 128 Å². The van der Waals surface area contributed by atoms with E-state index < -0.39 is 22.0 Å². The van der Waals surface area contributed by atoms with Gasteiger partial charge in [-0.25, -0.2) is 23.4 Å². The van der Waals surface area contributed by atoms with Gasteiger partial charge in [-0.15, -0.1) is 6.58 Å². The minimum Gasteiger partial charge on any atom is -0.449 e. The maximum absolute atomic E-state index is 11.8. The molecule has 1 rings (SSSR count). The second-order valence-electron chi connectivity index (χ2n) is 3.96. The van der Waals surface area contributed by atoms with Gasteiger partial charge in [-0.2, -0.15) is 0 Å². The molecule has 0 heterocycles. The van der Waals surface area contributed by atoms with Crippen LogP contribution in [0.3, 0.4) is 0 Å². The lowest BCUT2D eigenvalue weighted by atomic mass is 10.2. The number of ether oxygens (including phenoxy) is 1. The van der Waals surface area contributed by atoms with Crippen molar-refractivity contribution in [1.82, 2.24) is 15.6 Å². The van der Waals surface area contributed by atoms with Crippen molar-refractivity contribution in [1.29, 1.82) is 0 Å². The Hall–Kier alpha value is -2.39. The summed E-state index contributed by atoms with van der Waals surface area (Å²) in [5.41, 5.74) is 4.37. The van der Waals surface area contributed by atoms with Crippen LogP contribution in [0.25, 0.3) is 0 Å². The first-order valence-corrected chi connectivity index (χ1v) is 7.82. The van der Waals surface area contributed by atoms with Gasteiger partial charge in [0, 0.05) is 12.1 Å². The molecular weight excluding hydrogens is 310 g/mol. The summed E-state index contributed by atoms with van der Waals surface area (Å²) in [6, 6.07) is 5.21. The molecule has 0 unspecified atom stereocenters. The van der Waals surface area contributed by atoms with Crippen molar-refractivity contribution in [2.45, 2.75) is 11.8 Å². The molecule has 0 atom stereocenters. The molecule has 0 radical (unpaired) electrons. The lowest BCUT2D eigenvalue weighted by Crippen LogP contribution is -2.41. The first-order chi connectivity index (χ1) is 10.4. The molecule has 0 aliphatic carbocycles. The van der Waals surface area contributed by atoms with Crippen molar-refractivity contribution in [2.75, 3.05) is 13.2 Å². The van der Waals surface area contributed by atoms with Crippen LogP contribution >= 0.6 is 0 Å². The van der Waals surface area contributed by atoms with Crippen LogP contribution in [-0.2, 0) is 14.8 Å². The molecule has 0 aliphatic rings. The second kappa shape index (κ2) is 8.15. The smallest absolute Gasteiger partial charge is 0.426 e. The number of hydrogen-bond donors (Lipinski definition) is 3. The zero-order valence-electron chi connectivity index (χ0n) is 12.0. The van der Waals surface area contributed by atoms with E-state index in [1.165, 1.54) is 30.3 Å². The van der Waals surface area contributed by atoms with Gasteiger partial charge in [0.25, 0.3) is 5.91 Å². The molecule has 9 heteroatoms. The van der Waals surface area contributed by atoms with E-state index in [2.05, 4.69) is 26.9 Å². The van der Waals surface area contributed by atoms with Gasteiger partial charge in [0.1, 0.15) is 0 Å². The molecule has 0 saturated heterocycles. The predicted molar refractivity (Wildman–Crippen MR) is 79.5 cm³/mol. The van der Waals surface area contributed by atoms with Gasteiger partial charge in [0.05, 0.1) is 11.5 Å². The molecule has 0 saturated carbocycles. The molecular formula is C13H17N3O5S. The number of carbonyl (C=O) groups excluding carboxylic acids is 2. The number of carbonyl (C=O) groups is 2. The highest BCUT2D eigenvalue weighted by atomic mass is 32.2. The van der Waals surface area contributed by atoms with E-state index in [9.17, 15) is 18.0 Å². The summed E-state index contributed by atoms with van der Waals surface area (Å²) < 4.78 is 30.5. The van der Waals surface area contributed by atoms with Crippen molar-refractivity contribution >= 4 is 22.0 Å². The quantitative estimate of drug-likeness (QED) is 0.521. The summed E-state index contributed by atoms with van der Waals surface area (Å²) >= 11 is 0. The Bertz CT molecular complexity index is 640. The molecule has 0 aromatic heterocycles. The fourth-order valence-corrected chi connectivity index (χ4v) is 2.38. The van der Waals surface area contributed by atoms with Gasteiger partial charge in [0.15, 0.2) is 0 Å². The molecule has 120 valence electrons. The highest BCUT2D eigenvalue weighted by Crippen LogP contribution is 2.10. The predicted octanol–water partition coefficient (Wildman–Crippen LogP) is 0.542. The first kappa shape index (κ1) is 17.7. The van der Waals surface area contributed by atoms with Crippen molar-refractivity contribution in [3.8, 4) is 0 Å². The van der Waals surface area contributed by atoms with Crippen LogP contribution < -0.4 is 15.6 Å². The van der Waals surface area contributed by atoms with Crippen LogP contribution in [0.1, 0.15) is 17.3 Å². The monoisotopic (exact) mass is 327 g/mol. The number of sulfonamides is 1. The van der Waals surface area contributed by atoms with E-state index in [1.54, 1.807) is 6.92 Å². The van der Waals surface area contributed by atoms with E-state index >= 15 is 0 Å². The molecule has 0 fully saturated rings. The third-order valence-corrected chi connectivity index (χ3v) is 3.84. The largest absolute Gasteiger partial charge is 0.449 e. The Morgan fingerprint density at radius 1 is 1.23 bits per heavy atom. The standard InChI is InChI=1S/C13H17N3O5S/c1-3-9-14-22(19,20)11-7-5-10(6-8-11)12(17)15-16-13(18)21-4-2/h3,5-8,14H,1,4,9H2,2H3,(H,15,17)(H,16,18). The van der Waals surface area contributed by atoms with E-state index in [-0.39, 0.29) is 23.6 Å². The van der Waals surface area contributed by atoms with Gasteiger partial charge in [-0.1, -0.05) is 6.08 Å². The normalized spacial score (nSPS) is 10.6.